The van der Waals surface area contributed by atoms with Gasteiger partial charge in [-0.2, -0.15) is 8.42 Å². The Morgan fingerprint density at radius 1 is 0.596 bits per heavy atom. The van der Waals surface area contributed by atoms with Crippen LogP contribution < -0.4 is 0 Å². The Labute approximate surface area is 347 Å². The topological polar surface area (TPSA) is 178 Å². The maximum atomic E-state index is 12.7. The molecule has 1 aliphatic heterocycles. The lowest BCUT2D eigenvalue weighted by molar-refractivity contribution is -0.301. The summed E-state index contributed by atoms with van der Waals surface area (Å²) in [7, 11) is -5.05. The Balaban J connectivity index is 2.25. The van der Waals surface area contributed by atoms with E-state index in [4.69, 9.17) is 23.5 Å². The van der Waals surface area contributed by atoms with Gasteiger partial charge in [0.25, 0.3) is 0 Å². The zero-order valence-electron chi connectivity index (χ0n) is 36.2. The van der Waals surface area contributed by atoms with Gasteiger partial charge in [0, 0.05) is 13.0 Å². The molecule has 0 aromatic rings. The molecule has 1 aliphatic rings. The molecule has 1 heterocycles. The Morgan fingerprint density at radius 3 is 1.40 bits per heavy atom. The summed E-state index contributed by atoms with van der Waals surface area (Å²) in [5, 5.41) is 30.6. The molecule has 0 spiro atoms. The number of aliphatic hydroxyl groups is 3. The van der Waals surface area contributed by atoms with Crippen molar-refractivity contribution in [2.24, 2.45) is 0 Å². The molecule has 12 nitrogen and oxygen atoms in total. The number of hydrogen-bond donors (Lipinski definition) is 4. The van der Waals surface area contributed by atoms with Crippen molar-refractivity contribution >= 4 is 16.4 Å². The van der Waals surface area contributed by atoms with Gasteiger partial charge in [-0.1, -0.05) is 194 Å². The molecule has 1 saturated heterocycles. The SMILES string of the molecule is CCCCCCCCCCCCCCCCCCCCCCCCCOCC(COC1OC(CO)C(O)C(OS(=O)(=O)O)C1O)OC(=O)CCCCCCCCC. The van der Waals surface area contributed by atoms with Crippen LogP contribution in [0.3, 0.4) is 0 Å². The summed E-state index contributed by atoms with van der Waals surface area (Å²) in [5.74, 6) is -0.401. The number of ether oxygens (including phenoxy) is 4. The quantitative estimate of drug-likeness (QED) is 0.0261. The summed E-state index contributed by atoms with van der Waals surface area (Å²) in [6.07, 6.45) is 29.0. The fraction of sp³-hybridized carbons (Fsp3) is 0.977. The molecule has 57 heavy (non-hydrogen) atoms. The van der Waals surface area contributed by atoms with Gasteiger partial charge in [0.05, 0.1) is 19.8 Å². The number of esters is 1. The van der Waals surface area contributed by atoms with Crippen LogP contribution in [0.4, 0.5) is 0 Å². The maximum absolute atomic E-state index is 12.7. The molecule has 13 heteroatoms. The third-order valence-corrected chi connectivity index (χ3v) is 11.4. The Bertz CT molecular complexity index is 1020. The van der Waals surface area contributed by atoms with Crippen molar-refractivity contribution in [1.82, 2.24) is 0 Å². The molecule has 0 aromatic heterocycles. The largest absolute Gasteiger partial charge is 0.457 e. The van der Waals surface area contributed by atoms with E-state index >= 15 is 0 Å². The first-order chi connectivity index (χ1) is 27.6. The van der Waals surface area contributed by atoms with Gasteiger partial charge >= 0.3 is 16.4 Å². The highest BCUT2D eigenvalue weighted by molar-refractivity contribution is 7.80. The second-order valence-corrected chi connectivity index (χ2v) is 17.4. The number of unbranched alkanes of at least 4 members (excludes halogenated alkanes) is 28. The van der Waals surface area contributed by atoms with E-state index in [1.54, 1.807) is 0 Å². The van der Waals surface area contributed by atoms with Crippen molar-refractivity contribution in [3.8, 4) is 0 Å². The van der Waals surface area contributed by atoms with Gasteiger partial charge in [0.15, 0.2) is 6.29 Å². The van der Waals surface area contributed by atoms with Crippen molar-refractivity contribution in [2.45, 2.75) is 250 Å². The molecule has 6 atom stereocenters. The van der Waals surface area contributed by atoms with Gasteiger partial charge in [-0.05, 0) is 12.8 Å². The minimum Gasteiger partial charge on any atom is -0.457 e. The number of aliphatic hydroxyl groups excluding tert-OH is 3. The van der Waals surface area contributed by atoms with E-state index in [1.807, 2.05) is 0 Å². The van der Waals surface area contributed by atoms with Crippen molar-refractivity contribution in [3.05, 3.63) is 0 Å². The molecule has 1 fully saturated rings. The Kier molecular flexibility index (Phi) is 35.0. The van der Waals surface area contributed by atoms with Crippen LogP contribution in [0.1, 0.15) is 213 Å². The average molecular weight is 839 g/mol. The average Bonchev–Trinajstić information content (AvgIpc) is 3.18. The van der Waals surface area contributed by atoms with Crippen LogP contribution in [-0.2, 0) is 38.3 Å². The van der Waals surface area contributed by atoms with Crippen LogP contribution in [0.25, 0.3) is 0 Å². The predicted molar refractivity (Wildman–Crippen MR) is 225 cm³/mol. The molecular weight excluding hydrogens is 753 g/mol. The normalized spacial score (nSPS) is 20.6. The zero-order chi connectivity index (χ0) is 41.8. The Hall–Kier alpha value is -0.900. The van der Waals surface area contributed by atoms with Crippen molar-refractivity contribution in [3.63, 3.8) is 0 Å². The summed E-state index contributed by atoms with van der Waals surface area (Å²) in [4.78, 5) is 12.7. The van der Waals surface area contributed by atoms with Gasteiger partial charge in [-0.25, -0.2) is 4.18 Å². The minimum absolute atomic E-state index is 0.0435. The first kappa shape index (κ1) is 54.1. The van der Waals surface area contributed by atoms with Gasteiger partial charge in [-0.15, -0.1) is 0 Å². The highest BCUT2D eigenvalue weighted by atomic mass is 32.3. The summed E-state index contributed by atoms with van der Waals surface area (Å²) >= 11 is 0. The van der Waals surface area contributed by atoms with Crippen LogP contribution in [0, 0.1) is 0 Å². The van der Waals surface area contributed by atoms with Crippen molar-refractivity contribution in [1.29, 1.82) is 0 Å². The molecule has 0 aliphatic carbocycles. The van der Waals surface area contributed by atoms with E-state index in [0.29, 0.717) is 13.0 Å². The molecule has 1 rings (SSSR count). The number of hydrogen-bond acceptors (Lipinski definition) is 11. The van der Waals surface area contributed by atoms with E-state index in [1.165, 1.54) is 148 Å². The van der Waals surface area contributed by atoms with Crippen LogP contribution in [0.15, 0.2) is 0 Å². The number of carbonyl (C=O) groups excluding carboxylic acids is 1. The molecule has 0 aromatic carbocycles. The van der Waals surface area contributed by atoms with E-state index in [0.717, 1.165) is 38.5 Å². The second kappa shape index (κ2) is 36.9. The molecule has 340 valence electrons. The highest BCUT2D eigenvalue weighted by Gasteiger charge is 2.48. The fourth-order valence-electron chi connectivity index (χ4n) is 7.44. The first-order valence-corrected chi connectivity index (χ1v) is 24.7. The second-order valence-electron chi connectivity index (χ2n) is 16.4. The van der Waals surface area contributed by atoms with Crippen molar-refractivity contribution < 1.29 is 56.2 Å². The van der Waals surface area contributed by atoms with Gasteiger partial charge in [0.2, 0.25) is 0 Å². The lowest BCUT2D eigenvalue weighted by Crippen LogP contribution is -2.60. The monoisotopic (exact) mass is 839 g/mol. The zero-order valence-corrected chi connectivity index (χ0v) is 37.0. The first-order valence-electron chi connectivity index (χ1n) is 23.3. The van der Waals surface area contributed by atoms with Crippen LogP contribution in [-0.4, -0.2) is 97.5 Å². The number of rotatable bonds is 41. The van der Waals surface area contributed by atoms with Gasteiger partial charge in [0.1, 0.15) is 30.5 Å². The van der Waals surface area contributed by atoms with Crippen LogP contribution >= 0.6 is 0 Å². The van der Waals surface area contributed by atoms with E-state index in [9.17, 15) is 28.5 Å². The molecule has 0 saturated carbocycles. The van der Waals surface area contributed by atoms with Crippen LogP contribution in [0.5, 0.6) is 0 Å². The summed E-state index contributed by atoms with van der Waals surface area (Å²) in [6, 6.07) is 0. The smallest absolute Gasteiger partial charge is 0.397 e. The highest BCUT2D eigenvalue weighted by Crippen LogP contribution is 2.26. The van der Waals surface area contributed by atoms with E-state index < -0.39 is 59.8 Å². The lowest BCUT2D eigenvalue weighted by atomic mass is 9.99. The third-order valence-electron chi connectivity index (χ3n) is 11.0. The molecule has 4 N–H and O–H groups in total. The van der Waals surface area contributed by atoms with Crippen molar-refractivity contribution in [2.75, 3.05) is 26.4 Å². The third kappa shape index (κ3) is 30.7. The summed E-state index contributed by atoms with van der Waals surface area (Å²) in [5.41, 5.74) is 0. The molecule has 0 bridgehead atoms. The van der Waals surface area contributed by atoms with Gasteiger partial charge < -0.3 is 34.3 Å². The van der Waals surface area contributed by atoms with Crippen LogP contribution in [0.2, 0.25) is 0 Å². The van der Waals surface area contributed by atoms with E-state index in [2.05, 4.69) is 18.0 Å². The predicted octanol–water partition coefficient (Wildman–Crippen LogP) is 9.69. The summed E-state index contributed by atoms with van der Waals surface area (Å²) < 4.78 is 58.8. The molecule has 0 amide bonds. The molecule has 0 radical (unpaired) electrons. The Morgan fingerprint density at radius 2 is 1.00 bits per heavy atom. The van der Waals surface area contributed by atoms with E-state index in [-0.39, 0.29) is 19.6 Å². The fourth-order valence-corrected chi connectivity index (χ4v) is 7.95. The van der Waals surface area contributed by atoms with Gasteiger partial charge in [-0.3, -0.25) is 9.35 Å². The number of carbonyl (C=O) groups is 1. The maximum Gasteiger partial charge on any atom is 0.397 e. The molecular formula is C44H86O12S. The molecule has 6 unspecified atom stereocenters. The standard InChI is InChI=1S/C44H86O12S/c1-3-5-7-9-11-12-13-14-15-16-17-18-19-20-21-22-23-24-25-26-28-30-32-34-52-36-38(54-40(46)33-31-29-27-10-8-6-4-2)37-53-44-42(48)43(56-57(49,50)51)41(47)39(35-45)55-44/h38-39,41-45,47-48H,3-37H2,1-2H3,(H,49,50,51). The minimum atomic E-state index is -5.05. The lowest BCUT2D eigenvalue weighted by Gasteiger charge is -2.41. The summed E-state index contributed by atoms with van der Waals surface area (Å²) in [6.45, 7) is 3.97.